The van der Waals surface area contributed by atoms with Crippen LogP contribution in [0.1, 0.15) is 24.2 Å². The SMILES string of the molecule is CC1c2cnc(-c3ncccn3)nc2CCN1c1cc(F)c(F)c(OCC(=O)N2CCOCC2)c1. The van der Waals surface area contributed by atoms with Crippen LogP contribution in [0.4, 0.5) is 14.5 Å². The quantitative estimate of drug-likeness (QED) is 0.548. The normalized spacial score (nSPS) is 17.7. The van der Waals surface area contributed by atoms with Crippen molar-refractivity contribution < 1.29 is 23.0 Å². The largest absolute Gasteiger partial charge is 0.480 e. The van der Waals surface area contributed by atoms with Gasteiger partial charge in [0.25, 0.3) is 5.91 Å². The molecule has 0 aliphatic carbocycles. The zero-order valence-corrected chi connectivity index (χ0v) is 19.2. The Morgan fingerprint density at radius 2 is 1.89 bits per heavy atom. The lowest BCUT2D eigenvalue weighted by atomic mass is 9.98. The minimum atomic E-state index is -1.12. The van der Waals surface area contributed by atoms with Gasteiger partial charge in [-0.2, -0.15) is 4.39 Å². The molecule has 1 unspecified atom stereocenters. The molecular weight excluding hydrogens is 458 g/mol. The molecule has 2 aromatic heterocycles. The van der Waals surface area contributed by atoms with Crippen molar-refractivity contribution in [1.82, 2.24) is 24.8 Å². The highest BCUT2D eigenvalue weighted by Crippen LogP contribution is 2.36. The van der Waals surface area contributed by atoms with E-state index in [1.165, 1.54) is 6.07 Å². The standard InChI is InChI=1S/C24H24F2N6O3/c1-15-17-13-29-24(23-27-4-2-5-28-23)30-19(17)3-6-32(15)16-11-18(25)22(26)20(12-16)35-14-21(33)31-7-9-34-10-8-31/h2,4-5,11-13,15H,3,6-10,14H2,1H3. The molecule has 1 amide bonds. The zero-order valence-electron chi connectivity index (χ0n) is 19.2. The van der Waals surface area contributed by atoms with Gasteiger partial charge in [-0.05, 0) is 13.0 Å². The summed E-state index contributed by atoms with van der Waals surface area (Å²) in [6.07, 6.45) is 5.56. The maximum Gasteiger partial charge on any atom is 0.260 e. The minimum absolute atomic E-state index is 0.197. The summed E-state index contributed by atoms with van der Waals surface area (Å²) in [5, 5.41) is 0. The van der Waals surface area contributed by atoms with Crippen LogP contribution >= 0.6 is 0 Å². The van der Waals surface area contributed by atoms with E-state index in [0.29, 0.717) is 56.6 Å². The summed E-state index contributed by atoms with van der Waals surface area (Å²) in [7, 11) is 0. The fourth-order valence-electron chi connectivity index (χ4n) is 4.30. The summed E-state index contributed by atoms with van der Waals surface area (Å²) in [5.41, 5.74) is 2.19. The molecule has 35 heavy (non-hydrogen) atoms. The number of hydrogen-bond donors (Lipinski definition) is 0. The van der Waals surface area contributed by atoms with Crippen molar-refractivity contribution in [1.29, 1.82) is 0 Å². The number of carbonyl (C=O) groups is 1. The number of benzene rings is 1. The third kappa shape index (κ3) is 4.76. The fourth-order valence-corrected chi connectivity index (χ4v) is 4.30. The van der Waals surface area contributed by atoms with Crippen LogP contribution in [0.25, 0.3) is 11.6 Å². The second kappa shape index (κ2) is 9.87. The topological polar surface area (TPSA) is 93.6 Å². The molecular formula is C24H24F2N6O3. The van der Waals surface area contributed by atoms with Gasteiger partial charge in [-0.15, -0.1) is 0 Å². The Bertz CT molecular complexity index is 1220. The maximum atomic E-state index is 14.5. The van der Waals surface area contributed by atoms with Gasteiger partial charge in [0.05, 0.1) is 24.9 Å². The second-order valence-electron chi connectivity index (χ2n) is 8.31. The number of halogens is 2. The van der Waals surface area contributed by atoms with E-state index in [1.807, 2.05) is 11.8 Å². The summed E-state index contributed by atoms with van der Waals surface area (Å²) in [6, 6.07) is 4.09. The average molecular weight is 482 g/mol. The molecule has 2 aliphatic rings. The third-order valence-corrected chi connectivity index (χ3v) is 6.20. The first-order chi connectivity index (χ1) is 17.0. The highest BCUT2D eigenvalue weighted by molar-refractivity contribution is 5.78. The summed E-state index contributed by atoms with van der Waals surface area (Å²) in [4.78, 5) is 33.3. The Hall–Kier alpha value is -3.73. The number of carbonyl (C=O) groups excluding carboxylic acids is 1. The number of ether oxygens (including phenoxy) is 2. The van der Waals surface area contributed by atoms with E-state index >= 15 is 0 Å². The molecule has 1 aromatic carbocycles. The summed E-state index contributed by atoms with van der Waals surface area (Å²) >= 11 is 0. The first kappa shape index (κ1) is 23.0. The van der Waals surface area contributed by atoms with Crippen LogP contribution in [0.5, 0.6) is 5.75 Å². The molecule has 4 heterocycles. The number of rotatable bonds is 5. The van der Waals surface area contributed by atoms with Gasteiger partial charge in [0, 0.05) is 68.0 Å². The van der Waals surface area contributed by atoms with Gasteiger partial charge < -0.3 is 19.3 Å². The molecule has 182 valence electrons. The lowest BCUT2D eigenvalue weighted by Gasteiger charge is -2.36. The first-order valence-corrected chi connectivity index (χ1v) is 11.4. The van der Waals surface area contributed by atoms with Crippen LogP contribution in [-0.4, -0.2) is 70.2 Å². The van der Waals surface area contributed by atoms with Crippen LogP contribution in [0.2, 0.25) is 0 Å². The molecule has 1 saturated heterocycles. The molecule has 11 heteroatoms. The van der Waals surface area contributed by atoms with E-state index in [-0.39, 0.29) is 24.3 Å². The Morgan fingerprint density at radius 3 is 2.66 bits per heavy atom. The molecule has 0 saturated carbocycles. The molecule has 3 aromatic rings. The lowest BCUT2D eigenvalue weighted by Crippen LogP contribution is -2.43. The van der Waals surface area contributed by atoms with E-state index < -0.39 is 11.6 Å². The van der Waals surface area contributed by atoms with E-state index in [1.54, 1.807) is 29.6 Å². The van der Waals surface area contributed by atoms with E-state index in [0.717, 1.165) is 17.3 Å². The van der Waals surface area contributed by atoms with E-state index in [9.17, 15) is 13.6 Å². The Labute approximate surface area is 200 Å². The number of amides is 1. The first-order valence-electron chi connectivity index (χ1n) is 11.4. The lowest BCUT2D eigenvalue weighted by molar-refractivity contribution is -0.137. The van der Waals surface area contributed by atoms with Crippen LogP contribution in [0.15, 0.2) is 36.8 Å². The van der Waals surface area contributed by atoms with Crippen LogP contribution in [0, 0.1) is 11.6 Å². The van der Waals surface area contributed by atoms with Gasteiger partial charge in [-0.3, -0.25) is 4.79 Å². The smallest absolute Gasteiger partial charge is 0.260 e. The van der Waals surface area contributed by atoms with Crippen molar-refractivity contribution in [3.05, 3.63) is 59.7 Å². The zero-order chi connectivity index (χ0) is 24.4. The monoisotopic (exact) mass is 482 g/mol. The van der Waals surface area contributed by atoms with Crippen molar-refractivity contribution in [3.63, 3.8) is 0 Å². The van der Waals surface area contributed by atoms with Crippen LogP contribution < -0.4 is 9.64 Å². The molecule has 0 N–H and O–H groups in total. The average Bonchev–Trinajstić information content (AvgIpc) is 2.90. The number of hydrogen-bond acceptors (Lipinski definition) is 8. The van der Waals surface area contributed by atoms with Crippen molar-refractivity contribution in [2.24, 2.45) is 0 Å². The highest BCUT2D eigenvalue weighted by atomic mass is 19.2. The van der Waals surface area contributed by atoms with Crippen LogP contribution in [-0.2, 0) is 16.0 Å². The Balaban J connectivity index is 1.34. The van der Waals surface area contributed by atoms with Crippen molar-refractivity contribution >= 4 is 11.6 Å². The van der Waals surface area contributed by atoms with Crippen molar-refractivity contribution in [2.45, 2.75) is 19.4 Å². The molecule has 0 bridgehead atoms. The molecule has 1 fully saturated rings. The number of aromatic nitrogens is 4. The molecule has 1 atom stereocenters. The summed E-state index contributed by atoms with van der Waals surface area (Å²) < 4.78 is 39.6. The van der Waals surface area contributed by atoms with E-state index in [2.05, 4.69) is 19.9 Å². The number of anilines is 1. The van der Waals surface area contributed by atoms with Gasteiger partial charge in [0.2, 0.25) is 5.82 Å². The van der Waals surface area contributed by atoms with Gasteiger partial charge >= 0.3 is 0 Å². The van der Waals surface area contributed by atoms with Crippen molar-refractivity contribution in [3.8, 4) is 17.4 Å². The van der Waals surface area contributed by atoms with Gasteiger partial charge in [0.15, 0.2) is 29.8 Å². The second-order valence-corrected chi connectivity index (χ2v) is 8.31. The third-order valence-electron chi connectivity index (χ3n) is 6.20. The minimum Gasteiger partial charge on any atom is -0.480 e. The van der Waals surface area contributed by atoms with Crippen molar-refractivity contribution in [2.75, 3.05) is 44.4 Å². The molecule has 9 nitrogen and oxygen atoms in total. The number of fused-ring (bicyclic) bond motifs is 1. The fraction of sp³-hybridized carbons (Fsp3) is 0.375. The molecule has 0 spiro atoms. The summed E-state index contributed by atoms with van der Waals surface area (Å²) in [6.45, 7) is 3.88. The van der Waals surface area contributed by atoms with Gasteiger partial charge in [-0.25, -0.2) is 24.3 Å². The predicted octanol–water partition coefficient (Wildman–Crippen LogP) is 2.57. The Kier molecular flexibility index (Phi) is 6.49. The molecule has 0 radical (unpaired) electrons. The highest BCUT2D eigenvalue weighted by Gasteiger charge is 2.28. The van der Waals surface area contributed by atoms with Crippen LogP contribution in [0.3, 0.4) is 0 Å². The van der Waals surface area contributed by atoms with Gasteiger partial charge in [0.1, 0.15) is 0 Å². The summed E-state index contributed by atoms with van der Waals surface area (Å²) in [5.74, 6) is -1.87. The maximum absolute atomic E-state index is 14.5. The molecule has 2 aliphatic heterocycles. The molecule has 5 rings (SSSR count). The number of morpholine rings is 1. The van der Waals surface area contributed by atoms with E-state index in [4.69, 9.17) is 9.47 Å². The van der Waals surface area contributed by atoms with Gasteiger partial charge in [-0.1, -0.05) is 0 Å². The predicted molar refractivity (Wildman–Crippen MR) is 122 cm³/mol. The Morgan fingerprint density at radius 1 is 1.11 bits per heavy atom. The number of nitrogens with zero attached hydrogens (tertiary/aromatic N) is 6.